The smallest absolute Gasteiger partial charge is 0.217 e. The maximum atomic E-state index is 11.4. The summed E-state index contributed by atoms with van der Waals surface area (Å²) < 4.78 is 2.19. The van der Waals surface area contributed by atoms with Crippen molar-refractivity contribution in [2.75, 3.05) is 0 Å². The minimum atomic E-state index is -0.135. The molecule has 0 saturated carbocycles. The molecule has 1 N–H and O–H groups in total. The van der Waals surface area contributed by atoms with Gasteiger partial charge in [0, 0.05) is 13.5 Å². The maximum Gasteiger partial charge on any atom is 0.217 e. The number of para-hydroxylation sites is 2. The fourth-order valence-corrected chi connectivity index (χ4v) is 2.92. The van der Waals surface area contributed by atoms with E-state index in [0.29, 0.717) is 0 Å². The molecule has 0 radical (unpaired) electrons. The Balaban J connectivity index is 2.09. The lowest BCUT2D eigenvalue weighted by atomic mass is 10.1. The molecule has 4 heteroatoms. The van der Waals surface area contributed by atoms with Crippen molar-refractivity contribution in [3.8, 4) is 0 Å². The van der Waals surface area contributed by atoms with E-state index >= 15 is 0 Å². The second-order valence-corrected chi connectivity index (χ2v) is 5.89. The largest absolute Gasteiger partial charge is 0.347 e. The number of hydrogen-bond acceptors (Lipinski definition) is 2. The van der Waals surface area contributed by atoms with Crippen LogP contribution in [0.15, 0.2) is 48.5 Å². The third-order valence-corrected chi connectivity index (χ3v) is 4.08. The van der Waals surface area contributed by atoms with Gasteiger partial charge in [-0.05, 0) is 37.1 Å². The van der Waals surface area contributed by atoms with E-state index in [2.05, 4.69) is 41.1 Å². The van der Waals surface area contributed by atoms with Gasteiger partial charge in [-0.25, -0.2) is 4.98 Å². The molecule has 23 heavy (non-hydrogen) atoms. The second kappa shape index (κ2) is 6.24. The molecule has 0 aliphatic carbocycles. The summed E-state index contributed by atoms with van der Waals surface area (Å²) in [6.07, 6.45) is 0. The highest BCUT2D eigenvalue weighted by molar-refractivity contribution is 5.77. The van der Waals surface area contributed by atoms with Gasteiger partial charge in [0.2, 0.25) is 5.91 Å². The third kappa shape index (κ3) is 3.11. The number of amides is 1. The standard InChI is InChI=1S/C19H21N3O/c1-13-8-4-5-9-16(13)12-22-18-11-7-6-10-17(18)21-19(22)14(2)20-15(3)23/h4-11,14H,12H2,1-3H3,(H,20,23)/t14-/m1/s1. The Morgan fingerprint density at radius 1 is 1.17 bits per heavy atom. The summed E-state index contributed by atoms with van der Waals surface area (Å²) in [4.78, 5) is 16.2. The number of nitrogens with one attached hydrogen (secondary N) is 1. The van der Waals surface area contributed by atoms with Crippen LogP contribution in [0, 0.1) is 6.92 Å². The lowest BCUT2D eigenvalue weighted by molar-refractivity contribution is -0.119. The molecule has 118 valence electrons. The average Bonchev–Trinajstić information content (AvgIpc) is 2.88. The van der Waals surface area contributed by atoms with Crippen molar-refractivity contribution in [3.63, 3.8) is 0 Å². The molecule has 0 fully saturated rings. The van der Waals surface area contributed by atoms with Crippen molar-refractivity contribution < 1.29 is 4.79 Å². The van der Waals surface area contributed by atoms with Crippen molar-refractivity contribution >= 4 is 16.9 Å². The fourth-order valence-electron chi connectivity index (χ4n) is 2.92. The van der Waals surface area contributed by atoms with Crippen LogP contribution >= 0.6 is 0 Å². The van der Waals surface area contributed by atoms with Gasteiger partial charge in [0.15, 0.2) is 0 Å². The first kappa shape index (κ1) is 15.3. The van der Waals surface area contributed by atoms with Gasteiger partial charge < -0.3 is 9.88 Å². The molecular formula is C19H21N3O. The lowest BCUT2D eigenvalue weighted by Crippen LogP contribution is -2.26. The molecule has 3 aromatic rings. The molecule has 1 amide bonds. The van der Waals surface area contributed by atoms with Gasteiger partial charge in [-0.3, -0.25) is 4.79 Å². The number of aromatic nitrogens is 2. The summed E-state index contributed by atoms with van der Waals surface area (Å²) in [5, 5.41) is 2.94. The van der Waals surface area contributed by atoms with Crippen LogP contribution in [-0.4, -0.2) is 15.5 Å². The molecular weight excluding hydrogens is 286 g/mol. The summed E-state index contributed by atoms with van der Waals surface area (Å²) in [5.41, 5.74) is 4.55. The normalized spacial score (nSPS) is 12.3. The average molecular weight is 307 g/mol. The fraction of sp³-hybridized carbons (Fsp3) is 0.263. The second-order valence-electron chi connectivity index (χ2n) is 5.89. The molecule has 1 atom stereocenters. The van der Waals surface area contributed by atoms with E-state index in [0.717, 1.165) is 23.4 Å². The van der Waals surface area contributed by atoms with Crippen LogP contribution in [0.2, 0.25) is 0 Å². The number of rotatable bonds is 4. The van der Waals surface area contributed by atoms with Crippen LogP contribution in [0.4, 0.5) is 0 Å². The number of fused-ring (bicyclic) bond motifs is 1. The zero-order chi connectivity index (χ0) is 16.4. The zero-order valence-corrected chi connectivity index (χ0v) is 13.7. The van der Waals surface area contributed by atoms with Gasteiger partial charge in [0.25, 0.3) is 0 Å². The summed E-state index contributed by atoms with van der Waals surface area (Å²) in [5.74, 6) is 0.830. The highest BCUT2D eigenvalue weighted by Crippen LogP contribution is 2.23. The van der Waals surface area contributed by atoms with E-state index in [1.54, 1.807) is 0 Å². The number of nitrogens with zero attached hydrogens (tertiary/aromatic N) is 2. The van der Waals surface area contributed by atoms with Crippen molar-refractivity contribution in [2.45, 2.75) is 33.4 Å². The van der Waals surface area contributed by atoms with Gasteiger partial charge in [-0.15, -0.1) is 0 Å². The Bertz CT molecular complexity index is 851. The summed E-state index contributed by atoms with van der Waals surface area (Å²) in [6.45, 7) is 6.36. The summed E-state index contributed by atoms with van der Waals surface area (Å²) >= 11 is 0. The first-order valence-electron chi connectivity index (χ1n) is 7.83. The topological polar surface area (TPSA) is 46.9 Å². The summed E-state index contributed by atoms with van der Waals surface area (Å²) in [7, 11) is 0. The molecule has 1 aromatic heterocycles. The molecule has 3 rings (SSSR count). The van der Waals surface area contributed by atoms with Gasteiger partial charge in [0.05, 0.1) is 17.1 Å². The molecule has 4 nitrogen and oxygen atoms in total. The summed E-state index contributed by atoms with van der Waals surface area (Å²) in [6, 6.07) is 16.3. The Hall–Kier alpha value is -2.62. The van der Waals surface area contributed by atoms with E-state index in [-0.39, 0.29) is 11.9 Å². The van der Waals surface area contributed by atoms with Crippen molar-refractivity contribution in [1.29, 1.82) is 0 Å². The minimum Gasteiger partial charge on any atom is -0.347 e. The quantitative estimate of drug-likeness (QED) is 0.800. The number of hydrogen-bond donors (Lipinski definition) is 1. The zero-order valence-electron chi connectivity index (χ0n) is 13.7. The highest BCUT2D eigenvalue weighted by atomic mass is 16.1. The first-order valence-corrected chi connectivity index (χ1v) is 7.83. The Morgan fingerprint density at radius 3 is 2.61 bits per heavy atom. The lowest BCUT2D eigenvalue weighted by Gasteiger charge is -2.16. The molecule has 1 heterocycles. The molecule has 2 aromatic carbocycles. The molecule has 0 spiro atoms. The number of benzene rings is 2. The van der Waals surface area contributed by atoms with Crippen LogP contribution in [0.25, 0.3) is 11.0 Å². The first-order chi connectivity index (χ1) is 11.1. The van der Waals surface area contributed by atoms with Crippen molar-refractivity contribution in [1.82, 2.24) is 14.9 Å². The molecule has 0 unspecified atom stereocenters. The minimum absolute atomic E-state index is 0.0491. The van der Waals surface area contributed by atoms with E-state index < -0.39 is 0 Å². The molecule has 0 aliphatic heterocycles. The number of aryl methyl sites for hydroxylation is 1. The van der Waals surface area contributed by atoms with Gasteiger partial charge in [-0.1, -0.05) is 36.4 Å². The van der Waals surface area contributed by atoms with Crippen LogP contribution in [0.5, 0.6) is 0 Å². The predicted molar refractivity (Wildman–Crippen MR) is 92.2 cm³/mol. The molecule has 0 saturated heterocycles. The van der Waals surface area contributed by atoms with E-state index in [1.807, 2.05) is 31.2 Å². The third-order valence-electron chi connectivity index (χ3n) is 4.08. The number of carbonyl (C=O) groups excluding carboxylic acids is 1. The Kier molecular flexibility index (Phi) is 4.15. The number of carbonyl (C=O) groups is 1. The Morgan fingerprint density at radius 2 is 1.87 bits per heavy atom. The van der Waals surface area contributed by atoms with E-state index in [1.165, 1.54) is 18.1 Å². The molecule has 0 bridgehead atoms. The van der Waals surface area contributed by atoms with Gasteiger partial charge in [0.1, 0.15) is 5.82 Å². The van der Waals surface area contributed by atoms with Gasteiger partial charge in [-0.2, -0.15) is 0 Å². The van der Waals surface area contributed by atoms with Crippen molar-refractivity contribution in [2.24, 2.45) is 0 Å². The maximum absolute atomic E-state index is 11.4. The monoisotopic (exact) mass is 307 g/mol. The van der Waals surface area contributed by atoms with Gasteiger partial charge >= 0.3 is 0 Å². The molecule has 0 aliphatic rings. The Labute approximate surface area is 136 Å². The van der Waals surface area contributed by atoms with E-state index in [4.69, 9.17) is 4.98 Å². The van der Waals surface area contributed by atoms with Crippen LogP contribution < -0.4 is 5.32 Å². The van der Waals surface area contributed by atoms with Crippen LogP contribution in [0.1, 0.15) is 36.8 Å². The predicted octanol–water partition coefficient (Wildman–Crippen LogP) is 3.59. The van der Waals surface area contributed by atoms with Crippen LogP contribution in [0.3, 0.4) is 0 Å². The SMILES string of the molecule is CC(=O)N[C@H](C)c1nc2ccccc2n1Cc1ccccc1C. The van der Waals surface area contributed by atoms with Crippen molar-refractivity contribution in [3.05, 3.63) is 65.5 Å². The number of imidazole rings is 1. The highest BCUT2D eigenvalue weighted by Gasteiger charge is 2.17. The van der Waals surface area contributed by atoms with E-state index in [9.17, 15) is 4.79 Å². The van der Waals surface area contributed by atoms with Crippen LogP contribution in [-0.2, 0) is 11.3 Å².